The van der Waals surface area contributed by atoms with Crippen LogP contribution in [0, 0.1) is 5.92 Å². The summed E-state index contributed by atoms with van der Waals surface area (Å²) in [5.74, 6) is 1.10. The molecule has 0 amide bonds. The molecule has 0 saturated carbocycles. The van der Waals surface area contributed by atoms with E-state index in [0.717, 1.165) is 12.8 Å². The van der Waals surface area contributed by atoms with Crippen LogP contribution in [0.2, 0.25) is 0 Å². The molecular weight excluding hydrogens is 290 g/mol. The standard InChI is InChI=1S/C15H25NO4S/c1-13(2)12-20-14-6-8-15(9-7-14)21(18,19)16-10-4-3-5-11-17/h6-9,13,16-17H,3-5,10-12H2,1-2H3. The number of ether oxygens (including phenoxy) is 1. The molecular formula is C15H25NO4S. The summed E-state index contributed by atoms with van der Waals surface area (Å²) < 4.78 is 32.2. The summed E-state index contributed by atoms with van der Waals surface area (Å²) in [6, 6.07) is 6.43. The van der Waals surface area contributed by atoms with E-state index in [2.05, 4.69) is 18.6 Å². The van der Waals surface area contributed by atoms with Gasteiger partial charge in [0.25, 0.3) is 0 Å². The van der Waals surface area contributed by atoms with Gasteiger partial charge >= 0.3 is 0 Å². The van der Waals surface area contributed by atoms with E-state index in [1.165, 1.54) is 0 Å². The molecule has 0 aliphatic carbocycles. The number of rotatable bonds is 10. The number of benzene rings is 1. The fraction of sp³-hybridized carbons (Fsp3) is 0.600. The number of aliphatic hydroxyl groups is 1. The van der Waals surface area contributed by atoms with Crippen molar-refractivity contribution in [3.8, 4) is 5.75 Å². The molecule has 0 aliphatic rings. The molecule has 0 heterocycles. The molecule has 5 nitrogen and oxygen atoms in total. The minimum absolute atomic E-state index is 0.143. The molecule has 1 aromatic carbocycles. The third kappa shape index (κ3) is 6.93. The molecule has 0 fully saturated rings. The van der Waals surface area contributed by atoms with Gasteiger partial charge in [-0.2, -0.15) is 0 Å². The topological polar surface area (TPSA) is 75.6 Å². The van der Waals surface area contributed by atoms with Crippen molar-refractivity contribution < 1.29 is 18.3 Å². The van der Waals surface area contributed by atoms with E-state index in [9.17, 15) is 8.42 Å². The van der Waals surface area contributed by atoms with Gasteiger partial charge in [0.15, 0.2) is 0 Å². The van der Waals surface area contributed by atoms with Gasteiger partial charge in [-0.3, -0.25) is 0 Å². The Morgan fingerprint density at radius 3 is 2.38 bits per heavy atom. The van der Waals surface area contributed by atoms with Crippen LogP contribution in [0.1, 0.15) is 33.1 Å². The Morgan fingerprint density at radius 1 is 1.14 bits per heavy atom. The van der Waals surface area contributed by atoms with E-state index in [0.29, 0.717) is 31.2 Å². The first-order chi connectivity index (χ1) is 9.95. The van der Waals surface area contributed by atoms with Crippen LogP contribution in [0.3, 0.4) is 0 Å². The number of sulfonamides is 1. The van der Waals surface area contributed by atoms with Gasteiger partial charge in [-0.15, -0.1) is 0 Å². The Kier molecular flexibility index (Phi) is 7.71. The van der Waals surface area contributed by atoms with Gasteiger partial charge in [-0.25, -0.2) is 13.1 Å². The van der Waals surface area contributed by atoms with Crippen LogP contribution in [-0.2, 0) is 10.0 Å². The van der Waals surface area contributed by atoms with Crippen LogP contribution in [-0.4, -0.2) is 33.3 Å². The molecule has 2 N–H and O–H groups in total. The van der Waals surface area contributed by atoms with Crippen molar-refractivity contribution in [2.24, 2.45) is 5.92 Å². The van der Waals surface area contributed by atoms with E-state index in [4.69, 9.17) is 9.84 Å². The maximum absolute atomic E-state index is 12.0. The lowest BCUT2D eigenvalue weighted by molar-refractivity contribution is 0.271. The molecule has 0 aromatic heterocycles. The zero-order chi connectivity index (χ0) is 15.7. The first kappa shape index (κ1) is 17.9. The normalized spacial score (nSPS) is 11.8. The van der Waals surface area contributed by atoms with Crippen LogP contribution < -0.4 is 9.46 Å². The summed E-state index contributed by atoms with van der Waals surface area (Å²) in [5.41, 5.74) is 0. The second-order valence-corrected chi connectivity index (χ2v) is 7.13. The molecule has 0 atom stereocenters. The first-order valence-electron chi connectivity index (χ1n) is 7.29. The van der Waals surface area contributed by atoms with E-state index in [1.807, 2.05) is 0 Å². The fourth-order valence-corrected chi connectivity index (χ4v) is 2.76. The molecule has 6 heteroatoms. The van der Waals surface area contributed by atoms with E-state index in [-0.39, 0.29) is 11.5 Å². The number of hydrogen-bond acceptors (Lipinski definition) is 4. The molecule has 0 saturated heterocycles. The van der Waals surface area contributed by atoms with E-state index >= 15 is 0 Å². The molecule has 0 bridgehead atoms. The van der Waals surface area contributed by atoms with Crippen LogP contribution in [0.25, 0.3) is 0 Å². The van der Waals surface area contributed by atoms with Crippen molar-refractivity contribution in [2.45, 2.75) is 38.0 Å². The number of aliphatic hydroxyl groups excluding tert-OH is 1. The predicted octanol–water partition coefficient (Wildman–Crippen LogP) is 2.16. The summed E-state index contributed by atoms with van der Waals surface area (Å²) in [5, 5.41) is 8.66. The summed E-state index contributed by atoms with van der Waals surface area (Å²) in [7, 11) is -3.46. The Morgan fingerprint density at radius 2 is 1.81 bits per heavy atom. The van der Waals surface area contributed by atoms with E-state index < -0.39 is 10.0 Å². The van der Waals surface area contributed by atoms with Crippen LogP contribution in [0.15, 0.2) is 29.2 Å². The van der Waals surface area contributed by atoms with Crippen molar-refractivity contribution in [3.63, 3.8) is 0 Å². The van der Waals surface area contributed by atoms with Gasteiger partial charge in [0.05, 0.1) is 11.5 Å². The summed E-state index contributed by atoms with van der Waals surface area (Å²) in [4.78, 5) is 0.238. The van der Waals surface area contributed by atoms with Crippen LogP contribution in [0.5, 0.6) is 5.75 Å². The second-order valence-electron chi connectivity index (χ2n) is 5.36. The van der Waals surface area contributed by atoms with Crippen molar-refractivity contribution in [1.82, 2.24) is 4.72 Å². The summed E-state index contributed by atoms with van der Waals surface area (Å²) in [6.45, 7) is 5.24. The van der Waals surface area contributed by atoms with Gasteiger partial charge in [-0.1, -0.05) is 13.8 Å². The number of nitrogens with one attached hydrogen (secondary N) is 1. The quantitative estimate of drug-likeness (QED) is 0.649. The maximum atomic E-state index is 12.0. The summed E-state index contributed by atoms with van der Waals surface area (Å²) >= 11 is 0. The number of hydrogen-bond donors (Lipinski definition) is 2. The summed E-state index contributed by atoms with van der Waals surface area (Å²) in [6.07, 6.45) is 2.22. The third-order valence-corrected chi connectivity index (χ3v) is 4.32. The predicted molar refractivity (Wildman–Crippen MR) is 82.9 cm³/mol. The Hall–Kier alpha value is -1.11. The highest BCUT2D eigenvalue weighted by atomic mass is 32.2. The van der Waals surface area contributed by atoms with Crippen molar-refractivity contribution in [2.75, 3.05) is 19.8 Å². The molecule has 0 radical (unpaired) electrons. The monoisotopic (exact) mass is 315 g/mol. The van der Waals surface area contributed by atoms with Gasteiger partial charge in [-0.05, 0) is 49.4 Å². The zero-order valence-corrected chi connectivity index (χ0v) is 13.5. The molecule has 21 heavy (non-hydrogen) atoms. The number of unbranched alkanes of at least 4 members (excludes halogenated alkanes) is 2. The molecule has 120 valence electrons. The minimum Gasteiger partial charge on any atom is -0.493 e. The van der Waals surface area contributed by atoms with Gasteiger partial charge < -0.3 is 9.84 Å². The Labute approximate surface area is 127 Å². The van der Waals surface area contributed by atoms with Gasteiger partial charge in [0.2, 0.25) is 10.0 Å². The lowest BCUT2D eigenvalue weighted by Gasteiger charge is -2.10. The van der Waals surface area contributed by atoms with Crippen LogP contribution >= 0.6 is 0 Å². The lowest BCUT2D eigenvalue weighted by atomic mass is 10.2. The average molecular weight is 315 g/mol. The fourth-order valence-electron chi connectivity index (χ4n) is 1.68. The highest BCUT2D eigenvalue weighted by molar-refractivity contribution is 7.89. The molecule has 1 rings (SSSR count). The smallest absolute Gasteiger partial charge is 0.240 e. The highest BCUT2D eigenvalue weighted by Gasteiger charge is 2.13. The SMILES string of the molecule is CC(C)COc1ccc(S(=O)(=O)NCCCCCO)cc1. The average Bonchev–Trinajstić information content (AvgIpc) is 2.45. The van der Waals surface area contributed by atoms with Crippen molar-refractivity contribution in [3.05, 3.63) is 24.3 Å². The molecule has 0 spiro atoms. The second kappa shape index (κ2) is 9.02. The molecule has 0 unspecified atom stereocenters. The first-order valence-corrected chi connectivity index (χ1v) is 8.77. The van der Waals surface area contributed by atoms with Crippen molar-refractivity contribution in [1.29, 1.82) is 0 Å². The largest absolute Gasteiger partial charge is 0.493 e. The third-order valence-electron chi connectivity index (χ3n) is 2.84. The van der Waals surface area contributed by atoms with Crippen LogP contribution in [0.4, 0.5) is 0 Å². The Balaban J connectivity index is 2.51. The van der Waals surface area contributed by atoms with E-state index in [1.54, 1.807) is 24.3 Å². The molecule has 0 aliphatic heterocycles. The van der Waals surface area contributed by atoms with Crippen molar-refractivity contribution >= 4 is 10.0 Å². The molecule has 1 aromatic rings. The highest BCUT2D eigenvalue weighted by Crippen LogP contribution is 2.16. The van der Waals surface area contributed by atoms with Gasteiger partial charge in [0.1, 0.15) is 5.75 Å². The Bertz CT molecular complexity index is 497. The zero-order valence-electron chi connectivity index (χ0n) is 12.7. The minimum atomic E-state index is -3.46. The van der Waals surface area contributed by atoms with Gasteiger partial charge in [0, 0.05) is 13.2 Å². The lowest BCUT2D eigenvalue weighted by Crippen LogP contribution is -2.24. The maximum Gasteiger partial charge on any atom is 0.240 e.